The Hall–Kier alpha value is -1.58. The molecule has 0 atom stereocenters. The van der Waals surface area contributed by atoms with E-state index in [0.29, 0.717) is 22.2 Å². The quantitative estimate of drug-likeness (QED) is 0.775. The summed E-state index contributed by atoms with van der Waals surface area (Å²) in [5.74, 6) is -0.652. The maximum atomic E-state index is 13.6. The molecular formula is C17H16Cl2FNO. The van der Waals surface area contributed by atoms with Crippen LogP contribution < -0.4 is 5.32 Å². The number of carbonyl (C=O) groups is 1. The van der Waals surface area contributed by atoms with Gasteiger partial charge in [-0.25, -0.2) is 4.39 Å². The molecule has 0 bridgehead atoms. The second-order valence-electron chi connectivity index (χ2n) is 4.99. The van der Waals surface area contributed by atoms with Gasteiger partial charge in [0.25, 0.3) is 0 Å². The van der Waals surface area contributed by atoms with E-state index in [1.54, 1.807) is 6.07 Å². The van der Waals surface area contributed by atoms with Crippen molar-refractivity contribution in [2.45, 2.75) is 19.3 Å². The Balaban J connectivity index is 1.72. The molecule has 2 rings (SSSR count). The molecule has 2 aromatic carbocycles. The highest BCUT2D eigenvalue weighted by molar-refractivity contribution is 6.30. The Morgan fingerprint density at radius 2 is 1.73 bits per heavy atom. The highest BCUT2D eigenvalue weighted by atomic mass is 35.5. The molecule has 5 heteroatoms. The van der Waals surface area contributed by atoms with Crippen LogP contribution in [0.1, 0.15) is 17.5 Å². The highest BCUT2D eigenvalue weighted by Crippen LogP contribution is 2.15. The molecule has 0 saturated heterocycles. The fourth-order valence-corrected chi connectivity index (χ4v) is 2.36. The van der Waals surface area contributed by atoms with Crippen molar-refractivity contribution < 1.29 is 9.18 Å². The number of halogens is 3. The van der Waals surface area contributed by atoms with Crippen LogP contribution in [0.15, 0.2) is 42.5 Å². The molecule has 1 amide bonds. The largest absolute Gasteiger partial charge is 0.356 e. The number of rotatable bonds is 6. The van der Waals surface area contributed by atoms with Crippen molar-refractivity contribution in [1.29, 1.82) is 0 Å². The van der Waals surface area contributed by atoms with Crippen LogP contribution in [0.3, 0.4) is 0 Å². The van der Waals surface area contributed by atoms with E-state index < -0.39 is 5.82 Å². The van der Waals surface area contributed by atoms with Crippen LogP contribution in [0.4, 0.5) is 4.39 Å². The Morgan fingerprint density at radius 3 is 2.41 bits per heavy atom. The summed E-state index contributed by atoms with van der Waals surface area (Å²) in [6.45, 7) is 0.552. The molecule has 2 nitrogen and oxygen atoms in total. The fourth-order valence-electron chi connectivity index (χ4n) is 2.07. The second-order valence-corrected chi connectivity index (χ2v) is 5.87. The molecule has 0 saturated carbocycles. The maximum absolute atomic E-state index is 13.6. The van der Waals surface area contributed by atoms with E-state index in [1.165, 1.54) is 17.7 Å². The number of carbonyl (C=O) groups excluding carboxylic acids is 1. The lowest BCUT2D eigenvalue weighted by Crippen LogP contribution is -2.26. The minimum Gasteiger partial charge on any atom is -0.356 e. The van der Waals surface area contributed by atoms with Gasteiger partial charge in [0.15, 0.2) is 0 Å². The van der Waals surface area contributed by atoms with Crippen LogP contribution in [0, 0.1) is 5.82 Å². The van der Waals surface area contributed by atoms with Crippen molar-refractivity contribution in [2.24, 2.45) is 0 Å². The molecule has 0 aliphatic rings. The zero-order valence-electron chi connectivity index (χ0n) is 11.9. The van der Waals surface area contributed by atoms with Gasteiger partial charge in [-0.1, -0.05) is 41.4 Å². The summed E-state index contributed by atoms with van der Waals surface area (Å²) in [7, 11) is 0. The monoisotopic (exact) mass is 339 g/mol. The Kier molecular flexibility index (Phi) is 6.22. The van der Waals surface area contributed by atoms with E-state index in [1.807, 2.05) is 24.3 Å². The molecule has 1 N–H and O–H groups in total. The van der Waals surface area contributed by atoms with E-state index >= 15 is 0 Å². The molecule has 0 heterocycles. The van der Waals surface area contributed by atoms with E-state index in [4.69, 9.17) is 23.2 Å². The van der Waals surface area contributed by atoms with Gasteiger partial charge in [0.1, 0.15) is 5.82 Å². The second kappa shape index (κ2) is 8.16. The first-order chi connectivity index (χ1) is 10.5. The summed E-state index contributed by atoms with van der Waals surface area (Å²) >= 11 is 11.5. The lowest BCUT2D eigenvalue weighted by molar-refractivity contribution is -0.120. The smallest absolute Gasteiger partial charge is 0.224 e. The summed E-state index contributed by atoms with van der Waals surface area (Å²) in [4.78, 5) is 11.8. The van der Waals surface area contributed by atoms with Gasteiger partial charge in [0.2, 0.25) is 5.91 Å². The van der Waals surface area contributed by atoms with Crippen LogP contribution in [-0.4, -0.2) is 12.5 Å². The van der Waals surface area contributed by atoms with E-state index in [0.717, 1.165) is 12.8 Å². The van der Waals surface area contributed by atoms with Gasteiger partial charge >= 0.3 is 0 Å². The van der Waals surface area contributed by atoms with Crippen molar-refractivity contribution in [1.82, 2.24) is 5.32 Å². The molecular weight excluding hydrogens is 324 g/mol. The Bertz CT molecular complexity index is 644. The zero-order valence-corrected chi connectivity index (χ0v) is 13.4. The van der Waals surface area contributed by atoms with Gasteiger partial charge in [-0.3, -0.25) is 4.79 Å². The van der Waals surface area contributed by atoms with Crippen LogP contribution in [-0.2, 0) is 17.6 Å². The topological polar surface area (TPSA) is 29.1 Å². The van der Waals surface area contributed by atoms with Crippen molar-refractivity contribution >= 4 is 29.1 Å². The lowest BCUT2D eigenvalue weighted by atomic mass is 10.1. The number of nitrogens with one attached hydrogen (secondary N) is 1. The summed E-state index contributed by atoms with van der Waals surface area (Å²) in [6.07, 6.45) is 1.69. The summed E-state index contributed by atoms with van der Waals surface area (Å²) in [5, 5.41) is 3.82. The third-order valence-electron chi connectivity index (χ3n) is 3.24. The lowest BCUT2D eigenvalue weighted by Gasteiger charge is -2.07. The predicted molar refractivity (Wildman–Crippen MR) is 87.9 cm³/mol. The van der Waals surface area contributed by atoms with E-state index in [2.05, 4.69) is 5.32 Å². The molecule has 0 unspecified atom stereocenters. The van der Waals surface area contributed by atoms with Gasteiger partial charge in [0, 0.05) is 16.6 Å². The van der Waals surface area contributed by atoms with Crippen LogP contribution >= 0.6 is 23.2 Å². The van der Waals surface area contributed by atoms with E-state index in [9.17, 15) is 9.18 Å². The summed E-state index contributed by atoms with van der Waals surface area (Å²) < 4.78 is 13.6. The molecule has 0 radical (unpaired) electrons. The first-order valence-electron chi connectivity index (χ1n) is 6.99. The number of hydrogen-bond acceptors (Lipinski definition) is 1. The molecule has 0 spiro atoms. The summed E-state index contributed by atoms with van der Waals surface area (Å²) in [5.41, 5.74) is 1.52. The van der Waals surface area contributed by atoms with Crippen molar-refractivity contribution in [2.75, 3.05) is 6.54 Å². The van der Waals surface area contributed by atoms with Gasteiger partial charge in [0.05, 0.1) is 6.42 Å². The van der Waals surface area contributed by atoms with Crippen LogP contribution in [0.5, 0.6) is 0 Å². The molecule has 0 aromatic heterocycles. The zero-order chi connectivity index (χ0) is 15.9. The minimum absolute atomic E-state index is 0.0178. The van der Waals surface area contributed by atoms with Gasteiger partial charge in [-0.15, -0.1) is 0 Å². The van der Waals surface area contributed by atoms with E-state index in [-0.39, 0.29) is 12.3 Å². The Labute approximate surface area is 139 Å². The summed E-state index contributed by atoms with van der Waals surface area (Å²) in [6, 6.07) is 11.9. The van der Waals surface area contributed by atoms with Crippen LogP contribution in [0.2, 0.25) is 10.0 Å². The molecule has 0 aliphatic heterocycles. The number of hydrogen-bond donors (Lipinski definition) is 1. The average Bonchev–Trinajstić information content (AvgIpc) is 2.48. The highest BCUT2D eigenvalue weighted by Gasteiger charge is 2.08. The molecule has 2 aromatic rings. The molecule has 0 aliphatic carbocycles. The number of benzene rings is 2. The fraction of sp³-hybridized carbons (Fsp3) is 0.235. The minimum atomic E-state index is -0.455. The standard InChI is InChI=1S/C17H16Cl2FNO/c18-14-6-3-12(4-7-14)2-1-9-21-17(22)10-13-5-8-15(19)11-16(13)20/h3-8,11H,1-2,9-10H2,(H,21,22). The van der Waals surface area contributed by atoms with Gasteiger partial charge in [-0.05, 0) is 48.2 Å². The third-order valence-corrected chi connectivity index (χ3v) is 3.73. The van der Waals surface area contributed by atoms with Crippen molar-refractivity contribution in [3.05, 3.63) is 69.5 Å². The van der Waals surface area contributed by atoms with Crippen LogP contribution in [0.25, 0.3) is 0 Å². The third kappa shape index (κ3) is 5.32. The first kappa shape index (κ1) is 16.8. The van der Waals surface area contributed by atoms with Gasteiger partial charge < -0.3 is 5.32 Å². The Morgan fingerprint density at radius 1 is 1.05 bits per heavy atom. The van der Waals surface area contributed by atoms with Crippen molar-refractivity contribution in [3.63, 3.8) is 0 Å². The number of amides is 1. The van der Waals surface area contributed by atoms with Gasteiger partial charge in [-0.2, -0.15) is 0 Å². The molecule has 116 valence electrons. The normalized spacial score (nSPS) is 10.5. The SMILES string of the molecule is O=C(Cc1ccc(Cl)cc1F)NCCCc1ccc(Cl)cc1. The molecule has 0 fully saturated rings. The average molecular weight is 340 g/mol. The van der Waals surface area contributed by atoms with Crippen molar-refractivity contribution in [3.8, 4) is 0 Å². The molecule has 22 heavy (non-hydrogen) atoms. The first-order valence-corrected chi connectivity index (χ1v) is 7.75. The maximum Gasteiger partial charge on any atom is 0.224 e. The predicted octanol–water partition coefficient (Wildman–Crippen LogP) is 4.42. The number of aryl methyl sites for hydroxylation is 1.